The van der Waals surface area contributed by atoms with Gasteiger partial charge in [-0.15, -0.1) is 0 Å². The summed E-state index contributed by atoms with van der Waals surface area (Å²) in [5.41, 5.74) is 17.7. The van der Waals surface area contributed by atoms with Crippen LogP contribution in [0.4, 0.5) is 11.6 Å². The van der Waals surface area contributed by atoms with Gasteiger partial charge in [-0.25, -0.2) is 9.50 Å². The Labute approximate surface area is 113 Å². The van der Waals surface area contributed by atoms with Crippen LogP contribution in [0.5, 0.6) is 0 Å². The first-order valence-corrected chi connectivity index (χ1v) is 6.48. The molecule has 0 saturated heterocycles. The largest absolute Gasteiger partial charge is 0.384 e. The van der Waals surface area contributed by atoms with Crippen molar-refractivity contribution in [3.63, 3.8) is 0 Å². The second-order valence-corrected chi connectivity index (χ2v) is 4.84. The van der Waals surface area contributed by atoms with E-state index in [2.05, 4.69) is 10.1 Å². The van der Waals surface area contributed by atoms with Crippen LogP contribution in [-0.4, -0.2) is 28.5 Å². The van der Waals surface area contributed by atoms with Crippen LogP contribution in [0, 0.1) is 0 Å². The molecular weight excluding hydrogens is 239 g/mol. The van der Waals surface area contributed by atoms with Gasteiger partial charge in [0.25, 0.3) is 0 Å². The highest BCUT2D eigenvalue weighted by Crippen LogP contribution is 2.14. The lowest BCUT2D eigenvalue weighted by Crippen LogP contribution is -2.22. The molecule has 3 rings (SSSR count). The van der Waals surface area contributed by atoms with Crippen molar-refractivity contribution in [2.45, 2.75) is 38.1 Å². The summed E-state index contributed by atoms with van der Waals surface area (Å²) >= 11 is 0. The van der Waals surface area contributed by atoms with Crippen LogP contribution in [0.3, 0.4) is 0 Å². The van der Waals surface area contributed by atoms with Crippen molar-refractivity contribution < 1.29 is 0 Å². The number of fused-ring (bicyclic) bond motifs is 1. The molecule has 0 atom stereocenters. The van der Waals surface area contributed by atoms with E-state index in [0.717, 1.165) is 0 Å². The number of nitrogens with zero attached hydrogens (tertiary/aromatic N) is 3. The van der Waals surface area contributed by atoms with E-state index in [9.17, 15) is 0 Å². The first kappa shape index (κ1) is 13.7. The molecule has 1 aliphatic rings. The summed E-state index contributed by atoms with van der Waals surface area (Å²) < 4.78 is 1.44. The molecule has 2 heterocycles. The molecule has 7 heteroatoms. The zero-order valence-electron chi connectivity index (χ0n) is 10.9. The molecule has 2 aromatic heterocycles. The maximum Gasteiger partial charge on any atom is 0.152 e. The summed E-state index contributed by atoms with van der Waals surface area (Å²) in [7, 11) is 5.56. The molecule has 100 valence electrons. The van der Waals surface area contributed by atoms with Crippen LogP contribution >= 0.6 is 0 Å². The molecule has 1 fully saturated rings. The van der Waals surface area contributed by atoms with Gasteiger partial charge in [0.2, 0.25) is 0 Å². The van der Waals surface area contributed by atoms with Gasteiger partial charge in [-0.05, 0) is 18.3 Å². The van der Waals surface area contributed by atoms with Gasteiger partial charge in [-0.1, -0.05) is 19.3 Å². The maximum absolute atomic E-state index is 5.63. The first-order chi connectivity index (χ1) is 9.08. The number of hydrogen-bond donors (Lipinski definition) is 3. The van der Waals surface area contributed by atoms with Gasteiger partial charge < -0.3 is 17.2 Å². The number of hydrogen-bond acceptors (Lipinski definition) is 5. The molecule has 0 spiro atoms. The van der Waals surface area contributed by atoms with Crippen molar-refractivity contribution in [3.05, 3.63) is 12.3 Å². The summed E-state index contributed by atoms with van der Waals surface area (Å²) in [5, 5.41) is 3.91. The SMILES string of the molecule is NC1CCCCC1.[B]c1cnn2c(N)cc(N)nc12. The molecule has 1 saturated carbocycles. The number of rotatable bonds is 0. The molecular formula is C12H19BN6. The smallest absolute Gasteiger partial charge is 0.152 e. The monoisotopic (exact) mass is 258 g/mol. The molecule has 0 aromatic carbocycles. The van der Waals surface area contributed by atoms with Gasteiger partial charge in [0.15, 0.2) is 5.65 Å². The van der Waals surface area contributed by atoms with Crippen molar-refractivity contribution in [1.29, 1.82) is 0 Å². The topological polar surface area (TPSA) is 108 Å². The van der Waals surface area contributed by atoms with Crippen molar-refractivity contribution in [2.24, 2.45) is 5.73 Å². The molecule has 0 bridgehead atoms. The number of nitrogens with two attached hydrogens (primary N) is 3. The Morgan fingerprint density at radius 1 is 1.21 bits per heavy atom. The Balaban J connectivity index is 0.000000163. The molecule has 6 N–H and O–H groups in total. The molecule has 0 unspecified atom stereocenters. The second kappa shape index (κ2) is 5.92. The number of aromatic nitrogens is 3. The minimum atomic E-state index is 0.340. The van der Waals surface area contributed by atoms with Crippen LogP contribution in [0.15, 0.2) is 12.3 Å². The van der Waals surface area contributed by atoms with Gasteiger partial charge in [0, 0.05) is 18.3 Å². The average molecular weight is 258 g/mol. The van der Waals surface area contributed by atoms with Crippen molar-refractivity contribution >= 4 is 30.6 Å². The lowest BCUT2D eigenvalue weighted by Gasteiger charge is -2.15. The molecule has 2 aromatic rings. The normalized spacial score (nSPS) is 16.1. The Hall–Kier alpha value is -1.76. The van der Waals surface area contributed by atoms with Gasteiger partial charge in [-0.2, -0.15) is 5.10 Å². The van der Waals surface area contributed by atoms with E-state index in [0.29, 0.717) is 28.8 Å². The standard InChI is InChI=1S/C6H6BN5.C6H13N/c7-3-2-10-12-5(9)1-4(8)11-6(3)12;7-6-4-2-1-3-5-6/h1-2H,9H2,(H2,8,11);6H,1-5,7H2. The van der Waals surface area contributed by atoms with Gasteiger partial charge in [-0.3, -0.25) is 0 Å². The molecule has 0 aliphatic heterocycles. The lowest BCUT2D eigenvalue weighted by molar-refractivity contribution is 0.441. The fourth-order valence-electron chi connectivity index (χ4n) is 2.16. The van der Waals surface area contributed by atoms with Crippen LogP contribution < -0.4 is 22.7 Å². The van der Waals surface area contributed by atoms with E-state index >= 15 is 0 Å². The predicted molar refractivity (Wildman–Crippen MR) is 78.3 cm³/mol. The van der Waals surface area contributed by atoms with E-state index in [4.69, 9.17) is 25.0 Å². The van der Waals surface area contributed by atoms with Crippen molar-refractivity contribution in [1.82, 2.24) is 14.6 Å². The molecule has 6 nitrogen and oxygen atoms in total. The van der Waals surface area contributed by atoms with E-state index < -0.39 is 0 Å². The van der Waals surface area contributed by atoms with E-state index in [1.165, 1.54) is 48.9 Å². The summed E-state index contributed by atoms with van der Waals surface area (Å²) in [5.74, 6) is 0.765. The van der Waals surface area contributed by atoms with Crippen molar-refractivity contribution in [2.75, 3.05) is 11.5 Å². The minimum absolute atomic E-state index is 0.340. The van der Waals surface area contributed by atoms with E-state index in [1.54, 1.807) is 0 Å². The predicted octanol–water partition coefficient (Wildman–Crippen LogP) is -0.0347. The fraction of sp³-hybridized carbons (Fsp3) is 0.500. The number of anilines is 2. The highest BCUT2D eigenvalue weighted by molar-refractivity contribution is 6.36. The second-order valence-electron chi connectivity index (χ2n) is 4.84. The van der Waals surface area contributed by atoms with Gasteiger partial charge >= 0.3 is 0 Å². The van der Waals surface area contributed by atoms with E-state index in [-0.39, 0.29) is 0 Å². The minimum Gasteiger partial charge on any atom is -0.384 e. The Kier molecular flexibility index (Phi) is 4.26. The van der Waals surface area contributed by atoms with Gasteiger partial charge in [0.1, 0.15) is 19.5 Å². The Bertz CT molecular complexity index is 546. The third-order valence-electron chi connectivity index (χ3n) is 3.20. The average Bonchev–Trinajstić information content (AvgIpc) is 2.73. The summed E-state index contributed by atoms with van der Waals surface area (Å²) in [6, 6.07) is 2.06. The lowest BCUT2D eigenvalue weighted by atomic mass is 9.97. The van der Waals surface area contributed by atoms with Gasteiger partial charge in [0.05, 0.1) is 0 Å². The third-order valence-corrected chi connectivity index (χ3v) is 3.20. The number of nitrogen functional groups attached to an aromatic ring is 2. The zero-order chi connectivity index (χ0) is 13.8. The van der Waals surface area contributed by atoms with Crippen LogP contribution in [-0.2, 0) is 0 Å². The van der Waals surface area contributed by atoms with Crippen LogP contribution in [0.25, 0.3) is 5.65 Å². The molecule has 0 amide bonds. The van der Waals surface area contributed by atoms with Crippen molar-refractivity contribution in [3.8, 4) is 0 Å². The zero-order valence-corrected chi connectivity index (χ0v) is 10.9. The molecule has 2 radical (unpaired) electrons. The summed E-state index contributed by atoms with van der Waals surface area (Å²) in [6.07, 6.45) is 8.15. The maximum atomic E-state index is 5.63. The summed E-state index contributed by atoms with van der Waals surface area (Å²) in [6.45, 7) is 0. The first-order valence-electron chi connectivity index (χ1n) is 6.48. The van der Waals surface area contributed by atoms with Crippen LogP contribution in [0.2, 0.25) is 0 Å². The van der Waals surface area contributed by atoms with Crippen LogP contribution in [0.1, 0.15) is 32.1 Å². The third kappa shape index (κ3) is 3.38. The van der Waals surface area contributed by atoms with E-state index in [1.807, 2.05) is 0 Å². The highest BCUT2D eigenvalue weighted by atomic mass is 15.3. The summed E-state index contributed by atoms with van der Waals surface area (Å²) in [4.78, 5) is 3.97. The Morgan fingerprint density at radius 2 is 1.89 bits per heavy atom. The quantitative estimate of drug-likeness (QED) is 0.575. The fourth-order valence-corrected chi connectivity index (χ4v) is 2.16. The molecule has 1 aliphatic carbocycles. The Morgan fingerprint density at radius 3 is 2.47 bits per heavy atom. The molecule has 19 heavy (non-hydrogen) atoms. The highest BCUT2D eigenvalue weighted by Gasteiger charge is 2.06.